The van der Waals surface area contributed by atoms with Gasteiger partial charge in [-0.25, -0.2) is 0 Å². The van der Waals surface area contributed by atoms with Gasteiger partial charge in [-0.1, -0.05) is 56.7 Å². The van der Waals surface area contributed by atoms with Gasteiger partial charge in [0.15, 0.2) is 11.6 Å². The van der Waals surface area contributed by atoms with Crippen molar-refractivity contribution < 1.29 is 19.4 Å². The molecule has 3 unspecified atom stereocenters. The maximum Gasteiger partial charge on any atom is 0.169 e. The van der Waals surface area contributed by atoms with E-state index < -0.39 is 11.4 Å². The van der Waals surface area contributed by atoms with E-state index in [1.807, 2.05) is 0 Å². The highest BCUT2D eigenvalue weighted by Gasteiger charge is 2.66. The Labute approximate surface area is 211 Å². The lowest BCUT2D eigenvalue weighted by Gasteiger charge is -2.59. The number of hydrogen-bond donors (Lipinski definition) is 1. The summed E-state index contributed by atoms with van der Waals surface area (Å²) in [6.45, 7) is 9.09. The largest absolute Gasteiger partial charge is 0.370 e. The fraction of sp³-hybridized carbons (Fsp3) is 0.710. The van der Waals surface area contributed by atoms with E-state index in [0.717, 1.165) is 50.5 Å². The van der Waals surface area contributed by atoms with Crippen molar-refractivity contribution in [2.45, 2.75) is 103 Å². The monoisotopic (exact) mass is 480 g/mol. The number of fused-ring (bicyclic) bond motifs is 5. The number of carbonyl (C=O) groups excluding carboxylic acids is 1. The number of hydrogen-bond acceptors (Lipinski definition) is 4. The summed E-state index contributed by atoms with van der Waals surface area (Å²) in [5.74, 6) is 0.820. The Balaban J connectivity index is 1.33. The Bertz CT molecular complexity index is 998. The summed E-state index contributed by atoms with van der Waals surface area (Å²) in [4.78, 5) is 12.8. The summed E-state index contributed by atoms with van der Waals surface area (Å²) < 4.78 is 12.2. The van der Waals surface area contributed by atoms with Crippen LogP contribution >= 0.6 is 0 Å². The van der Waals surface area contributed by atoms with Crippen LogP contribution in [0.25, 0.3) is 0 Å². The number of aliphatic hydroxyl groups is 1. The molecule has 1 aromatic carbocycles. The van der Waals surface area contributed by atoms with Crippen molar-refractivity contribution in [2.75, 3.05) is 7.11 Å². The van der Waals surface area contributed by atoms with Crippen molar-refractivity contribution in [3.63, 3.8) is 0 Å². The zero-order valence-electron chi connectivity index (χ0n) is 22.4. The Morgan fingerprint density at radius 1 is 1.03 bits per heavy atom. The maximum absolute atomic E-state index is 12.8. The number of aryl methyl sites for hydroxylation is 1. The van der Waals surface area contributed by atoms with E-state index in [9.17, 15) is 9.90 Å². The van der Waals surface area contributed by atoms with E-state index in [1.165, 1.54) is 11.1 Å². The van der Waals surface area contributed by atoms with E-state index in [2.05, 4.69) is 51.1 Å². The molecular formula is C31H44O4. The standard InChI is InChI=1S/C31H44O4/c1-6-22-7-9-23(10-8-22)20-35-30(33)18-17-28(3)24(19-30)11-12-25-26(28)13-15-29(4)27(25)14-16-31(29,34-5)21(2)32/h7-11,25-27,33H,6,12-20H2,1-5H3/t25?,26?,27?,28-,29-,30-,31+/m0/s1. The van der Waals surface area contributed by atoms with Gasteiger partial charge in [-0.15, -0.1) is 0 Å². The zero-order chi connectivity index (χ0) is 25.1. The summed E-state index contributed by atoms with van der Waals surface area (Å²) >= 11 is 0. The minimum absolute atomic E-state index is 0.0811. The second-order valence-corrected chi connectivity index (χ2v) is 12.4. The first-order valence-corrected chi connectivity index (χ1v) is 13.8. The Hall–Kier alpha value is -1.49. The van der Waals surface area contributed by atoms with Gasteiger partial charge in [0.1, 0.15) is 5.60 Å². The Morgan fingerprint density at radius 3 is 2.37 bits per heavy atom. The molecule has 0 spiro atoms. The molecule has 5 rings (SSSR count). The average Bonchev–Trinajstić information content (AvgIpc) is 3.17. The molecule has 4 heteroatoms. The molecule has 4 nitrogen and oxygen atoms in total. The molecule has 0 bridgehead atoms. The predicted molar refractivity (Wildman–Crippen MR) is 138 cm³/mol. The number of methoxy groups -OCH3 is 1. The zero-order valence-corrected chi connectivity index (χ0v) is 22.4. The average molecular weight is 481 g/mol. The van der Waals surface area contributed by atoms with Crippen LogP contribution in [-0.4, -0.2) is 29.4 Å². The SMILES string of the molecule is CCc1ccc(CO[C@@]2(O)CC[C@@]3(C)C(=CCC4C3CC[C@@]3(C)C4CC[C@@]3(OC)C(C)=O)C2)cc1. The van der Waals surface area contributed by atoms with Crippen LogP contribution in [0.3, 0.4) is 0 Å². The number of Topliss-reactive ketones (excluding diaryl/α,β-unsaturated/α-hetero) is 1. The van der Waals surface area contributed by atoms with Crippen molar-refractivity contribution in [1.29, 1.82) is 0 Å². The molecule has 0 aliphatic heterocycles. The first-order valence-electron chi connectivity index (χ1n) is 13.8. The molecule has 0 amide bonds. The van der Waals surface area contributed by atoms with Crippen LogP contribution in [0.1, 0.15) is 90.2 Å². The second-order valence-electron chi connectivity index (χ2n) is 12.4. The van der Waals surface area contributed by atoms with Crippen molar-refractivity contribution in [2.24, 2.45) is 28.6 Å². The van der Waals surface area contributed by atoms with Gasteiger partial charge in [0.25, 0.3) is 0 Å². The van der Waals surface area contributed by atoms with Crippen LogP contribution in [0, 0.1) is 28.6 Å². The molecule has 3 fully saturated rings. The Morgan fingerprint density at radius 2 is 1.71 bits per heavy atom. The number of allylic oxidation sites excluding steroid dienone is 1. The molecule has 0 saturated heterocycles. The van der Waals surface area contributed by atoms with Crippen LogP contribution in [0.4, 0.5) is 0 Å². The number of ketones is 1. The van der Waals surface area contributed by atoms with Gasteiger partial charge in [0, 0.05) is 25.4 Å². The van der Waals surface area contributed by atoms with Gasteiger partial charge in [-0.05, 0) is 86.2 Å². The van der Waals surface area contributed by atoms with Crippen LogP contribution in [0.15, 0.2) is 35.9 Å². The van der Waals surface area contributed by atoms with Crippen LogP contribution in [-0.2, 0) is 27.3 Å². The molecule has 4 aliphatic rings. The third-order valence-electron chi connectivity index (χ3n) is 11.1. The van der Waals surface area contributed by atoms with Crippen molar-refractivity contribution in [3.05, 3.63) is 47.0 Å². The predicted octanol–water partition coefficient (Wildman–Crippen LogP) is 6.39. The quantitative estimate of drug-likeness (QED) is 0.379. The number of benzene rings is 1. The smallest absolute Gasteiger partial charge is 0.169 e. The molecular weight excluding hydrogens is 436 g/mol. The molecule has 7 atom stereocenters. The fourth-order valence-corrected chi connectivity index (χ4v) is 8.89. The molecule has 192 valence electrons. The van der Waals surface area contributed by atoms with Crippen LogP contribution < -0.4 is 0 Å². The minimum atomic E-state index is -1.09. The van der Waals surface area contributed by atoms with Gasteiger partial charge in [0.2, 0.25) is 0 Å². The molecule has 1 N–H and O–H groups in total. The summed E-state index contributed by atoms with van der Waals surface area (Å²) in [6.07, 6.45) is 10.8. The highest BCUT2D eigenvalue weighted by molar-refractivity contribution is 5.86. The summed E-state index contributed by atoms with van der Waals surface area (Å²) in [5, 5.41) is 11.4. The van der Waals surface area contributed by atoms with E-state index >= 15 is 0 Å². The molecule has 0 radical (unpaired) electrons. The second kappa shape index (κ2) is 8.82. The lowest BCUT2D eigenvalue weighted by atomic mass is 9.46. The van der Waals surface area contributed by atoms with Gasteiger partial charge in [-0.3, -0.25) is 4.79 Å². The van der Waals surface area contributed by atoms with E-state index in [1.54, 1.807) is 14.0 Å². The van der Waals surface area contributed by atoms with E-state index in [-0.39, 0.29) is 16.6 Å². The highest BCUT2D eigenvalue weighted by atomic mass is 16.6. The lowest BCUT2D eigenvalue weighted by molar-refractivity contribution is -0.232. The topological polar surface area (TPSA) is 55.8 Å². The summed E-state index contributed by atoms with van der Waals surface area (Å²) in [5.41, 5.74) is 3.23. The van der Waals surface area contributed by atoms with Crippen molar-refractivity contribution >= 4 is 5.78 Å². The van der Waals surface area contributed by atoms with E-state index in [4.69, 9.17) is 9.47 Å². The van der Waals surface area contributed by atoms with Crippen molar-refractivity contribution in [1.82, 2.24) is 0 Å². The highest BCUT2D eigenvalue weighted by Crippen LogP contribution is 2.68. The van der Waals surface area contributed by atoms with Gasteiger partial charge in [-0.2, -0.15) is 0 Å². The van der Waals surface area contributed by atoms with E-state index in [0.29, 0.717) is 37.2 Å². The molecule has 4 aliphatic carbocycles. The third kappa shape index (κ3) is 3.78. The maximum atomic E-state index is 12.8. The molecule has 0 heterocycles. The first-order chi connectivity index (χ1) is 16.6. The van der Waals surface area contributed by atoms with Crippen LogP contribution in [0.2, 0.25) is 0 Å². The third-order valence-corrected chi connectivity index (χ3v) is 11.1. The summed E-state index contributed by atoms with van der Waals surface area (Å²) in [7, 11) is 1.74. The first kappa shape index (κ1) is 25.2. The molecule has 35 heavy (non-hydrogen) atoms. The van der Waals surface area contributed by atoms with Gasteiger partial charge >= 0.3 is 0 Å². The Kier molecular flexibility index (Phi) is 6.34. The number of rotatable bonds is 6. The van der Waals surface area contributed by atoms with Crippen molar-refractivity contribution in [3.8, 4) is 0 Å². The normalized spacial score (nSPS) is 42.6. The number of carbonyl (C=O) groups is 1. The minimum Gasteiger partial charge on any atom is -0.370 e. The molecule has 0 aromatic heterocycles. The fourth-order valence-electron chi connectivity index (χ4n) is 8.89. The number of ether oxygens (including phenoxy) is 2. The summed E-state index contributed by atoms with van der Waals surface area (Å²) in [6, 6.07) is 8.52. The molecule has 3 saturated carbocycles. The molecule has 1 aromatic rings. The van der Waals surface area contributed by atoms with Crippen LogP contribution in [0.5, 0.6) is 0 Å². The van der Waals surface area contributed by atoms with Gasteiger partial charge < -0.3 is 14.6 Å². The lowest BCUT2D eigenvalue weighted by Crippen LogP contribution is -2.58. The van der Waals surface area contributed by atoms with Gasteiger partial charge in [0.05, 0.1) is 6.61 Å².